The minimum absolute atomic E-state index is 0.0150. The second-order valence-corrected chi connectivity index (χ2v) is 5.50. The van der Waals surface area contributed by atoms with Crippen molar-refractivity contribution in [3.05, 3.63) is 22.2 Å². The summed E-state index contributed by atoms with van der Waals surface area (Å²) in [4.78, 5) is 17.0. The first-order valence-corrected chi connectivity index (χ1v) is 7.35. The molecule has 0 saturated carbocycles. The summed E-state index contributed by atoms with van der Waals surface area (Å²) in [7, 11) is 0. The van der Waals surface area contributed by atoms with Gasteiger partial charge in [0, 0.05) is 25.7 Å². The fourth-order valence-electron chi connectivity index (χ4n) is 2.41. The summed E-state index contributed by atoms with van der Waals surface area (Å²) in [5, 5.41) is 24.3. The van der Waals surface area contributed by atoms with Crippen LogP contribution < -0.4 is 10.2 Å². The van der Waals surface area contributed by atoms with Crippen molar-refractivity contribution in [1.29, 1.82) is 0 Å². The molecule has 1 aliphatic heterocycles. The summed E-state index contributed by atoms with van der Waals surface area (Å²) in [6.45, 7) is 5.85. The van der Waals surface area contributed by atoms with Crippen LogP contribution >= 0.6 is 0 Å². The van der Waals surface area contributed by atoms with Gasteiger partial charge in [0.25, 0.3) is 0 Å². The predicted molar refractivity (Wildman–Crippen MR) is 81.7 cm³/mol. The molecule has 0 aromatic carbocycles. The second kappa shape index (κ2) is 6.71. The number of aliphatic hydroxyl groups is 1. The Bertz CT molecular complexity index is 509. The van der Waals surface area contributed by atoms with Crippen LogP contribution in [0.2, 0.25) is 0 Å². The summed E-state index contributed by atoms with van der Waals surface area (Å²) in [6.07, 6.45) is 1.27. The van der Waals surface area contributed by atoms with Gasteiger partial charge in [-0.15, -0.1) is 0 Å². The lowest BCUT2D eigenvalue weighted by Gasteiger charge is -2.34. The van der Waals surface area contributed by atoms with E-state index in [1.165, 1.54) is 6.07 Å². The van der Waals surface area contributed by atoms with Gasteiger partial charge in [-0.05, 0) is 24.8 Å². The maximum atomic E-state index is 11.2. The molecular formula is C14H22N4O3. The molecule has 1 aliphatic rings. The van der Waals surface area contributed by atoms with Crippen LogP contribution in [0.1, 0.15) is 26.7 Å². The van der Waals surface area contributed by atoms with Gasteiger partial charge >= 0.3 is 5.69 Å². The quantitative estimate of drug-likeness (QED) is 0.637. The normalized spacial score (nSPS) is 22.1. The lowest BCUT2D eigenvalue weighted by molar-refractivity contribution is -0.384. The zero-order valence-corrected chi connectivity index (χ0v) is 12.5. The number of hydrogen-bond donors (Lipinski definition) is 2. The number of nitrogens with one attached hydrogen (secondary N) is 1. The van der Waals surface area contributed by atoms with Crippen molar-refractivity contribution in [3.8, 4) is 0 Å². The molecule has 2 rings (SSSR count). The van der Waals surface area contributed by atoms with E-state index in [1.54, 1.807) is 11.0 Å². The van der Waals surface area contributed by atoms with Gasteiger partial charge in [-0.3, -0.25) is 10.1 Å². The van der Waals surface area contributed by atoms with Gasteiger partial charge in [-0.2, -0.15) is 0 Å². The molecule has 2 atom stereocenters. The lowest BCUT2D eigenvalue weighted by atomic mass is 9.96. The van der Waals surface area contributed by atoms with Crippen LogP contribution in [0.3, 0.4) is 0 Å². The Morgan fingerprint density at radius 3 is 2.95 bits per heavy atom. The number of aromatic nitrogens is 1. The molecule has 7 nitrogen and oxygen atoms in total. The number of anilines is 2. The number of aliphatic hydroxyl groups excluding tert-OH is 1. The number of piperidine rings is 1. The average molecular weight is 294 g/mol. The molecule has 116 valence electrons. The average Bonchev–Trinajstić information content (AvgIpc) is 2.47. The molecule has 1 aromatic heterocycles. The predicted octanol–water partition coefficient (Wildman–Crippen LogP) is 2.02. The van der Waals surface area contributed by atoms with Crippen LogP contribution in [0.15, 0.2) is 12.1 Å². The first-order valence-electron chi connectivity index (χ1n) is 7.35. The molecule has 0 radical (unpaired) electrons. The van der Waals surface area contributed by atoms with Gasteiger partial charge in [-0.25, -0.2) is 4.98 Å². The number of nitro groups is 1. The Hall–Kier alpha value is -1.89. The van der Waals surface area contributed by atoms with E-state index >= 15 is 0 Å². The van der Waals surface area contributed by atoms with E-state index in [-0.39, 0.29) is 11.6 Å². The Kier molecular flexibility index (Phi) is 4.95. The van der Waals surface area contributed by atoms with Gasteiger partial charge in [0.2, 0.25) is 5.82 Å². The molecule has 0 aliphatic carbocycles. The van der Waals surface area contributed by atoms with Gasteiger partial charge in [0.15, 0.2) is 0 Å². The van der Waals surface area contributed by atoms with Crippen molar-refractivity contribution < 1.29 is 10.0 Å². The molecule has 1 fully saturated rings. The van der Waals surface area contributed by atoms with E-state index in [9.17, 15) is 15.2 Å². The highest BCUT2D eigenvalue weighted by Crippen LogP contribution is 2.31. The maximum Gasteiger partial charge on any atom is 0.311 e. The molecule has 21 heavy (non-hydrogen) atoms. The monoisotopic (exact) mass is 294 g/mol. The molecule has 2 heterocycles. The highest BCUT2D eigenvalue weighted by Gasteiger charge is 2.29. The van der Waals surface area contributed by atoms with Crippen LogP contribution in [0.5, 0.6) is 0 Å². The summed E-state index contributed by atoms with van der Waals surface area (Å²) in [6, 6.07) is 3.10. The topological polar surface area (TPSA) is 91.5 Å². The van der Waals surface area contributed by atoms with E-state index in [0.717, 1.165) is 19.4 Å². The smallest absolute Gasteiger partial charge is 0.311 e. The summed E-state index contributed by atoms with van der Waals surface area (Å²) >= 11 is 0. The molecule has 7 heteroatoms. The van der Waals surface area contributed by atoms with Crippen LogP contribution in [-0.4, -0.2) is 40.8 Å². The second-order valence-electron chi connectivity index (χ2n) is 5.50. The van der Waals surface area contributed by atoms with Crippen molar-refractivity contribution in [2.75, 3.05) is 29.9 Å². The van der Waals surface area contributed by atoms with Crippen LogP contribution in [-0.2, 0) is 0 Å². The first-order chi connectivity index (χ1) is 10.0. The highest BCUT2D eigenvalue weighted by molar-refractivity contribution is 5.62. The van der Waals surface area contributed by atoms with Crippen LogP contribution in [0, 0.1) is 16.0 Å². The van der Waals surface area contributed by atoms with E-state index in [2.05, 4.69) is 10.3 Å². The number of hydrogen-bond acceptors (Lipinski definition) is 6. The van der Waals surface area contributed by atoms with Gasteiger partial charge in [0.1, 0.15) is 5.82 Å². The Morgan fingerprint density at radius 1 is 1.57 bits per heavy atom. The summed E-state index contributed by atoms with van der Waals surface area (Å²) < 4.78 is 0. The minimum atomic E-state index is -0.479. The Labute approximate surface area is 124 Å². The number of rotatable bonds is 5. The third kappa shape index (κ3) is 3.60. The van der Waals surface area contributed by atoms with Gasteiger partial charge < -0.3 is 15.3 Å². The molecule has 1 aromatic rings. The third-order valence-corrected chi connectivity index (χ3v) is 3.83. The van der Waals surface area contributed by atoms with Crippen molar-refractivity contribution in [1.82, 2.24) is 4.98 Å². The first kappa shape index (κ1) is 15.5. The summed E-state index contributed by atoms with van der Waals surface area (Å²) in [5.41, 5.74) is -0.0150. The Balaban J connectivity index is 2.27. The largest absolute Gasteiger partial charge is 0.391 e. The fourth-order valence-corrected chi connectivity index (χ4v) is 2.41. The fraction of sp³-hybridized carbons (Fsp3) is 0.643. The molecule has 1 saturated heterocycles. The highest BCUT2D eigenvalue weighted by atomic mass is 16.6. The van der Waals surface area contributed by atoms with Crippen molar-refractivity contribution in [2.24, 2.45) is 5.92 Å². The molecule has 0 spiro atoms. The van der Waals surface area contributed by atoms with E-state index in [1.807, 2.05) is 13.8 Å². The van der Waals surface area contributed by atoms with Gasteiger partial charge in [0.05, 0.1) is 11.0 Å². The number of pyridine rings is 1. The summed E-state index contributed by atoms with van der Waals surface area (Å²) in [5.74, 6) is 1.18. The van der Waals surface area contributed by atoms with Gasteiger partial charge in [-0.1, -0.05) is 13.8 Å². The molecule has 0 bridgehead atoms. The van der Waals surface area contributed by atoms with Crippen molar-refractivity contribution in [3.63, 3.8) is 0 Å². The number of β-amino-alcohol motifs (C(OH)–C–C–N with tert-alkyl or cyclic N) is 1. The third-order valence-electron chi connectivity index (χ3n) is 3.83. The lowest BCUT2D eigenvalue weighted by Crippen LogP contribution is -2.43. The zero-order valence-electron chi connectivity index (χ0n) is 12.5. The van der Waals surface area contributed by atoms with Crippen LogP contribution in [0.25, 0.3) is 0 Å². The van der Waals surface area contributed by atoms with Crippen molar-refractivity contribution >= 4 is 17.3 Å². The van der Waals surface area contributed by atoms with Crippen molar-refractivity contribution in [2.45, 2.75) is 32.8 Å². The van der Waals surface area contributed by atoms with E-state index < -0.39 is 11.0 Å². The zero-order chi connectivity index (χ0) is 15.4. The maximum absolute atomic E-state index is 11.2. The molecule has 2 unspecified atom stereocenters. The van der Waals surface area contributed by atoms with E-state index in [4.69, 9.17) is 0 Å². The van der Waals surface area contributed by atoms with Crippen LogP contribution in [0.4, 0.5) is 17.3 Å². The molecular weight excluding hydrogens is 272 g/mol. The number of nitrogens with zero attached hydrogens (tertiary/aromatic N) is 3. The Morgan fingerprint density at radius 2 is 2.33 bits per heavy atom. The molecule has 0 amide bonds. The standard InChI is InChI=1S/C14H22N4O3/c1-3-7-15-13-5-4-11(18(20)21)14(16-13)17-8-6-10(2)12(19)9-17/h4-5,10,12,19H,3,6-9H2,1-2H3,(H,15,16). The minimum Gasteiger partial charge on any atom is -0.391 e. The SMILES string of the molecule is CCCNc1ccc([N+](=O)[O-])c(N2CCC(C)C(O)C2)n1. The van der Waals surface area contributed by atoms with E-state index in [0.29, 0.717) is 24.7 Å². The molecule has 2 N–H and O–H groups in total.